The Kier molecular flexibility index (Phi) is 5.85. The fourth-order valence-electron chi connectivity index (χ4n) is 4.48. The Morgan fingerprint density at radius 1 is 1.09 bits per heavy atom. The van der Waals surface area contributed by atoms with E-state index in [1.807, 2.05) is 24.3 Å². The second kappa shape index (κ2) is 9.28. The molecule has 2 aliphatic rings. The largest absolute Gasteiger partial charge is 0.365 e. The molecule has 3 N–H and O–H groups in total. The highest BCUT2D eigenvalue weighted by atomic mass is 32.1. The number of piperidine rings is 1. The lowest BCUT2D eigenvalue weighted by Crippen LogP contribution is -2.47. The van der Waals surface area contributed by atoms with Gasteiger partial charge in [0.1, 0.15) is 21.9 Å². The first-order chi connectivity index (χ1) is 16.7. The number of nitrogens with zero attached hydrogens (tertiary/aromatic N) is 6. The lowest BCUT2D eigenvalue weighted by molar-refractivity contribution is 0.479. The summed E-state index contributed by atoms with van der Waals surface area (Å²) in [6.45, 7) is 4.96. The van der Waals surface area contributed by atoms with Crippen molar-refractivity contribution in [2.45, 2.75) is 18.9 Å². The summed E-state index contributed by atoms with van der Waals surface area (Å²) in [6, 6.07) is 8.18. The van der Waals surface area contributed by atoms with E-state index in [-0.39, 0.29) is 11.6 Å². The van der Waals surface area contributed by atoms with Gasteiger partial charge >= 0.3 is 0 Å². The monoisotopic (exact) mass is 495 g/mol. The number of fused-ring (bicyclic) bond motifs is 1. The molecule has 0 amide bonds. The zero-order valence-corrected chi connectivity index (χ0v) is 20.2. The van der Waals surface area contributed by atoms with Crippen molar-refractivity contribution in [1.82, 2.24) is 30.5 Å². The van der Waals surface area contributed by atoms with Gasteiger partial charge in [0.25, 0.3) is 5.56 Å². The summed E-state index contributed by atoms with van der Waals surface area (Å²) in [4.78, 5) is 30.5. The van der Waals surface area contributed by atoms with Gasteiger partial charge in [-0.2, -0.15) is 4.98 Å². The van der Waals surface area contributed by atoms with Crippen LogP contribution in [0, 0.1) is 0 Å². The van der Waals surface area contributed by atoms with Crippen LogP contribution in [0.2, 0.25) is 0 Å². The molecule has 0 aliphatic carbocycles. The maximum absolute atomic E-state index is 13.4. The first-order valence-corrected chi connectivity index (χ1v) is 13.2. The van der Waals surface area contributed by atoms with Crippen LogP contribution >= 0.6 is 22.7 Å². The molecule has 2 aliphatic heterocycles. The Morgan fingerprint density at radius 2 is 1.94 bits per heavy atom. The van der Waals surface area contributed by atoms with E-state index in [1.165, 1.54) is 11.3 Å². The van der Waals surface area contributed by atoms with E-state index in [9.17, 15) is 4.79 Å². The van der Waals surface area contributed by atoms with Crippen LogP contribution in [0.3, 0.4) is 0 Å². The van der Waals surface area contributed by atoms with Crippen molar-refractivity contribution < 1.29 is 0 Å². The quantitative estimate of drug-likeness (QED) is 0.384. The first kappa shape index (κ1) is 21.4. The van der Waals surface area contributed by atoms with Crippen molar-refractivity contribution in [2.75, 3.05) is 54.4 Å². The van der Waals surface area contributed by atoms with Gasteiger partial charge in [0.05, 0.1) is 10.2 Å². The summed E-state index contributed by atoms with van der Waals surface area (Å²) in [5.41, 5.74) is 2.99. The van der Waals surface area contributed by atoms with E-state index in [2.05, 4.69) is 35.6 Å². The minimum absolute atomic E-state index is 0.165. The highest BCUT2D eigenvalue weighted by Crippen LogP contribution is 2.33. The fraction of sp³-hybridized carbons (Fsp3) is 0.409. The van der Waals surface area contributed by atoms with Gasteiger partial charge in [0.15, 0.2) is 0 Å². The van der Waals surface area contributed by atoms with Crippen molar-refractivity contribution in [2.24, 2.45) is 0 Å². The Labute approximate surface area is 204 Å². The van der Waals surface area contributed by atoms with Gasteiger partial charge in [0, 0.05) is 38.8 Å². The van der Waals surface area contributed by atoms with Crippen LogP contribution in [0.15, 0.2) is 34.6 Å². The maximum Gasteiger partial charge on any atom is 0.264 e. The molecule has 5 heterocycles. The normalized spacial score (nSPS) is 19.0. The summed E-state index contributed by atoms with van der Waals surface area (Å²) >= 11 is 3.06. The van der Waals surface area contributed by atoms with Gasteiger partial charge < -0.3 is 20.4 Å². The zero-order chi connectivity index (χ0) is 22.9. The molecule has 10 nitrogen and oxygen atoms in total. The summed E-state index contributed by atoms with van der Waals surface area (Å²) < 4.78 is 1.05. The molecular formula is C22H25N9OS2. The number of rotatable bonds is 5. The number of anilines is 3. The first-order valence-electron chi connectivity index (χ1n) is 11.5. The van der Waals surface area contributed by atoms with E-state index < -0.39 is 0 Å². The average molecular weight is 496 g/mol. The Bertz CT molecular complexity index is 1290. The zero-order valence-electron chi connectivity index (χ0n) is 18.5. The minimum atomic E-state index is -0.165. The van der Waals surface area contributed by atoms with Crippen molar-refractivity contribution in [1.29, 1.82) is 0 Å². The number of para-hydroxylation sites is 1. The second-order valence-corrected chi connectivity index (χ2v) is 10.3. The predicted octanol–water partition coefficient (Wildman–Crippen LogP) is 2.39. The van der Waals surface area contributed by atoms with E-state index in [1.54, 1.807) is 16.8 Å². The van der Waals surface area contributed by atoms with Crippen LogP contribution < -0.4 is 26.0 Å². The van der Waals surface area contributed by atoms with Crippen LogP contribution in [0.1, 0.15) is 12.8 Å². The molecule has 2 fully saturated rings. The van der Waals surface area contributed by atoms with Crippen LogP contribution in [-0.4, -0.2) is 70.5 Å². The molecule has 176 valence electrons. The third-order valence-corrected chi connectivity index (χ3v) is 8.05. The number of nitrogens with one attached hydrogen (secondary N) is 3. The van der Waals surface area contributed by atoms with E-state index in [4.69, 9.17) is 9.97 Å². The predicted molar refractivity (Wildman–Crippen MR) is 137 cm³/mol. The number of hydrogen-bond acceptors (Lipinski definition) is 11. The van der Waals surface area contributed by atoms with Crippen LogP contribution in [0.5, 0.6) is 0 Å². The number of piperazine rings is 1. The summed E-state index contributed by atoms with van der Waals surface area (Å²) in [5.74, 6) is 1.20. The Morgan fingerprint density at radius 3 is 2.71 bits per heavy atom. The minimum Gasteiger partial charge on any atom is -0.365 e. The lowest BCUT2D eigenvalue weighted by Gasteiger charge is -2.35. The number of hydrogen-bond donors (Lipinski definition) is 3. The standard InChI is InChI=1S/C22H25N9OS2/c32-19-17(20-26-15-5-1-2-6-16(15)34-20)18(25-14-4-3-7-23-12-14)27-21(28-19)30-8-10-31(11-9-30)22-29-24-13-33-22/h1-2,5-6,13-14,23H,3-4,7-12H2,(H2,25,27,28,32). The molecule has 6 rings (SSSR count). The summed E-state index contributed by atoms with van der Waals surface area (Å²) in [7, 11) is 0. The topological polar surface area (TPSA) is 115 Å². The van der Waals surface area contributed by atoms with Crippen molar-refractivity contribution in [3.63, 3.8) is 0 Å². The van der Waals surface area contributed by atoms with Crippen LogP contribution in [0.4, 0.5) is 16.9 Å². The van der Waals surface area contributed by atoms with Crippen LogP contribution in [-0.2, 0) is 0 Å². The van der Waals surface area contributed by atoms with Crippen molar-refractivity contribution in [3.05, 3.63) is 40.1 Å². The molecule has 0 radical (unpaired) electrons. The van der Waals surface area contributed by atoms with Crippen molar-refractivity contribution >= 4 is 49.8 Å². The number of H-pyrrole nitrogens is 1. The van der Waals surface area contributed by atoms with Gasteiger partial charge in [0.2, 0.25) is 11.1 Å². The van der Waals surface area contributed by atoms with Crippen LogP contribution in [0.25, 0.3) is 20.8 Å². The highest BCUT2D eigenvalue weighted by molar-refractivity contribution is 7.21. The van der Waals surface area contributed by atoms with Gasteiger partial charge in [-0.1, -0.05) is 23.5 Å². The van der Waals surface area contributed by atoms with Gasteiger partial charge in [-0.3, -0.25) is 9.78 Å². The number of aromatic amines is 1. The lowest BCUT2D eigenvalue weighted by atomic mass is 10.1. The maximum atomic E-state index is 13.4. The molecule has 1 atom stereocenters. The molecule has 0 spiro atoms. The molecule has 3 aromatic heterocycles. The Hall–Kier alpha value is -3.09. The summed E-state index contributed by atoms with van der Waals surface area (Å²) in [5, 5.41) is 16.7. The molecule has 2 saturated heterocycles. The third-order valence-electron chi connectivity index (χ3n) is 6.25. The van der Waals surface area contributed by atoms with Gasteiger partial charge in [-0.25, -0.2) is 4.98 Å². The number of aromatic nitrogens is 5. The molecule has 4 aromatic rings. The molecule has 12 heteroatoms. The highest BCUT2D eigenvalue weighted by Gasteiger charge is 2.25. The summed E-state index contributed by atoms with van der Waals surface area (Å²) in [6.07, 6.45) is 2.13. The van der Waals surface area contributed by atoms with E-state index in [0.29, 0.717) is 22.3 Å². The number of benzene rings is 1. The number of thiazole rings is 1. The molecule has 34 heavy (non-hydrogen) atoms. The SMILES string of the molecule is O=c1[nH]c(N2CCN(c3nncs3)CC2)nc(NC2CCCNC2)c1-c1nc2ccccc2s1. The molecular weight excluding hydrogens is 470 g/mol. The molecule has 0 saturated carbocycles. The molecule has 1 aromatic carbocycles. The third kappa shape index (κ3) is 4.24. The van der Waals surface area contributed by atoms with Crippen molar-refractivity contribution in [3.8, 4) is 10.6 Å². The average Bonchev–Trinajstić information content (AvgIpc) is 3.55. The molecule has 0 bridgehead atoms. The second-order valence-electron chi connectivity index (χ2n) is 8.48. The Balaban J connectivity index is 1.33. The van der Waals surface area contributed by atoms with E-state index >= 15 is 0 Å². The smallest absolute Gasteiger partial charge is 0.264 e. The van der Waals surface area contributed by atoms with Gasteiger partial charge in [-0.15, -0.1) is 21.5 Å². The van der Waals surface area contributed by atoms with E-state index in [0.717, 1.165) is 67.5 Å². The fourth-order valence-corrected chi connectivity index (χ4v) is 6.10. The van der Waals surface area contributed by atoms with Gasteiger partial charge in [-0.05, 0) is 31.5 Å². The molecule has 1 unspecified atom stereocenters.